The quantitative estimate of drug-likeness (QED) is 0.0748. The van der Waals surface area contributed by atoms with E-state index >= 15 is 0 Å². The number of carbonyl (C=O) groups excluding carboxylic acids is 2. The van der Waals surface area contributed by atoms with Crippen LogP contribution >= 0.6 is 0 Å². The van der Waals surface area contributed by atoms with Crippen molar-refractivity contribution < 1.29 is 57.3 Å². The van der Waals surface area contributed by atoms with Crippen molar-refractivity contribution in [1.29, 1.82) is 0 Å². The molecule has 6 aromatic carbocycles. The zero-order valence-corrected chi connectivity index (χ0v) is 35.7. The Morgan fingerprint density at radius 3 is 1.35 bits per heavy atom. The van der Waals surface area contributed by atoms with Crippen molar-refractivity contribution in [2.75, 3.05) is 13.2 Å². The summed E-state index contributed by atoms with van der Waals surface area (Å²) in [6, 6.07) is 55.6. The molecule has 2 saturated heterocycles. The van der Waals surface area contributed by atoms with E-state index in [2.05, 4.69) is 0 Å². The molecule has 0 aromatic heterocycles. The van der Waals surface area contributed by atoms with Crippen LogP contribution in [0.15, 0.2) is 182 Å². The van der Waals surface area contributed by atoms with E-state index in [9.17, 15) is 14.7 Å². The molecule has 2 aliphatic heterocycles. The zero-order valence-electron chi connectivity index (χ0n) is 35.7. The number of ether oxygens (including phenoxy) is 9. The van der Waals surface area contributed by atoms with E-state index in [0.29, 0.717) is 17.7 Å². The fourth-order valence-electron chi connectivity index (χ4n) is 7.72. The minimum absolute atomic E-state index is 0.0540. The van der Waals surface area contributed by atoms with Crippen molar-refractivity contribution in [1.82, 2.24) is 0 Å². The number of benzene rings is 6. The molecule has 0 aliphatic carbocycles. The fourth-order valence-corrected chi connectivity index (χ4v) is 7.72. The van der Waals surface area contributed by atoms with E-state index in [-0.39, 0.29) is 33.0 Å². The molecule has 0 bridgehead atoms. The van der Waals surface area contributed by atoms with Gasteiger partial charge in [-0.15, -0.1) is 0 Å². The minimum Gasteiger partial charge on any atom is -0.459 e. The highest BCUT2D eigenvalue weighted by molar-refractivity contribution is 5.90. The number of hydrogen-bond acceptors (Lipinski definition) is 12. The van der Waals surface area contributed by atoms with Crippen molar-refractivity contribution in [3.05, 3.63) is 215 Å². The maximum atomic E-state index is 13.8. The van der Waals surface area contributed by atoms with Gasteiger partial charge in [0.15, 0.2) is 18.7 Å². The molecule has 1 N–H and O–H groups in total. The number of carbonyl (C=O) groups is 2. The van der Waals surface area contributed by atoms with E-state index in [4.69, 9.17) is 42.6 Å². The van der Waals surface area contributed by atoms with Crippen molar-refractivity contribution in [2.45, 2.75) is 81.7 Å². The van der Waals surface area contributed by atoms with Gasteiger partial charge in [0.2, 0.25) is 0 Å². The summed E-state index contributed by atoms with van der Waals surface area (Å²) in [5.41, 5.74) is 4.21. The maximum Gasteiger partial charge on any atom is 0.338 e. The first kappa shape index (κ1) is 45.5. The van der Waals surface area contributed by atoms with Gasteiger partial charge < -0.3 is 47.7 Å². The summed E-state index contributed by atoms with van der Waals surface area (Å²) in [6.45, 7) is 0.424. The van der Waals surface area contributed by atoms with Crippen molar-refractivity contribution in [3.63, 3.8) is 0 Å². The highest BCUT2D eigenvalue weighted by atomic mass is 16.8. The Morgan fingerprint density at radius 2 is 0.846 bits per heavy atom. The molecule has 0 spiro atoms. The number of aliphatic hydroxyl groups excluding tert-OH is 1. The van der Waals surface area contributed by atoms with Crippen molar-refractivity contribution in [3.8, 4) is 0 Å². The summed E-state index contributed by atoms with van der Waals surface area (Å²) in [7, 11) is 0. The highest BCUT2D eigenvalue weighted by Crippen LogP contribution is 2.36. The summed E-state index contributed by atoms with van der Waals surface area (Å²) in [5, 5.41) is 12.0. The normalized spacial score (nSPS) is 24.0. The molecule has 2 aliphatic rings. The second-order valence-electron chi connectivity index (χ2n) is 15.7. The highest BCUT2D eigenvalue weighted by Gasteiger charge is 2.54. The van der Waals surface area contributed by atoms with Crippen LogP contribution in [0.25, 0.3) is 0 Å². The molecule has 0 unspecified atom stereocenters. The standard InChI is InChI=1S/C53H52O12/c54-50(41-27-15-5-16-28-41)61-36-44-46(64-51(55)42-29-17-6-18-30-42)49(60-34-40-25-13-4-14-26-40)53(63-44)65-48-47(59-33-39-23-11-3-12-24-39)45(58-32-38-21-9-2-10-22-38)43(62-52(48)56)35-57-31-37-19-7-1-8-20-37/h1-30,43-49,52-53,56H,31-36H2/t43-,44-,45-,46-,47+,48-,49+,52+,53-/m1/s1. The zero-order chi connectivity index (χ0) is 44.6. The maximum absolute atomic E-state index is 13.8. The Hall–Kier alpha value is -6.06. The SMILES string of the molecule is O=C(OC[C@H]1O[C@H](O[C@@H]2[C@@H](OCc3ccccc3)[C@H](OCc3ccccc3)[C@@H](COCc3ccccc3)O[C@@H]2O)[C@@H](OCc2ccccc2)[C@@H]1OC(=O)c1ccccc1)c1ccccc1. The summed E-state index contributed by atoms with van der Waals surface area (Å²) in [6.07, 6.45) is -10.1. The summed E-state index contributed by atoms with van der Waals surface area (Å²) in [5.74, 6) is -1.25. The largest absolute Gasteiger partial charge is 0.459 e. The van der Waals surface area contributed by atoms with E-state index in [0.717, 1.165) is 22.3 Å². The van der Waals surface area contributed by atoms with Gasteiger partial charge in [0.05, 0.1) is 44.2 Å². The molecule has 12 heteroatoms. The summed E-state index contributed by atoms with van der Waals surface area (Å²) in [4.78, 5) is 27.1. The molecular weight excluding hydrogens is 829 g/mol. The Labute approximate surface area is 378 Å². The molecule has 336 valence electrons. The Balaban J connectivity index is 1.11. The molecule has 2 fully saturated rings. The van der Waals surface area contributed by atoms with Crippen LogP contribution in [0.5, 0.6) is 0 Å². The van der Waals surface area contributed by atoms with Gasteiger partial charge in [-0.3, -0.25) is 0 Å². The Kier molecular flexibility index (Phi) is 16.3. The van der Waals surface area contributed by atoms with Crippen LogP contribution in [0.1, 0.15) is 43.0 Å². The molecule has 9 atom stereocenters. The van der Waals surface area contributed by atoms with Crippen LogP contribution in [-0.2, 0) is 69.1 Å². The predicted molar refractivity (Wildman–Crippen MR) is 238 cm³/mol. The summed E-state index contributed by atoms with van der Waals surface area (Å²) >= 11 is 0. The first-order valence-electron chi connectivity index (χ1n) is 21.7. The first-order chi connectivity index (χ1) is 32.0. The van der Waals surface area contributed by atoms with Gasteiger partial charge in [-0.2, -0.15) is 0 Å². The van der Waals surface area contributed by atoms with Crippen LogP contribution in [0.4, 0.5) is 0 Å². The average molecular weight is 881 g/mol. The number of hydrogen-bond donors (Lipinski definition) is 1. The fraction of sp³-hybridized carbons (Fsp3) is 0.283. The molecule has 65 heavy (non-hydrogen) atoms. The molecule has 2 heterocycles. The van der Waals surface area contributed by atoms with Crippen LogP contribution in [0, 0.1) is 0 Å². The van der Waals surface area contributed by atoms with E-state index in [1.807, 2.05) is 121 Å². The predicted octanol–water partition coefficient (Wildman–Crippen LogP) is 7.87. The third kappa shape index (κ3) is 12.6. The van der Waals surface area contributed by atoms with Crippen LogP contribution in [0.3, 0.4) is 0 Å². The van der Waals surface area contributed by atoms with Crippen LogP contribution < -0.4 is 0 Å². The Morgan fingerprint density at radius 1 is 0.431 bits per heavy atom. The van der Waals surface area contributed by atoms with Crippen LogP contribution in [-0.4, -0.2) is 85.6 Å². The lowest BCUT2D eigenvalue weighted by molar-refractivity contribution is -0.342. The molecule has 0 saturated carbocycles. The van der Waals surface area contributed by atoms with Crippen LogP contribution in [0.2, 0.25) is 0 Å². The lowest BCUT2D eigenvalue weighted by Crippen LogP contribution is -2.62. The van der Waals surface area contributed by atoms with E-state index < -0.39 is 67.2 Å². The smallest absolute Gasteiger partial charge is 0.338 e. The van der Waals surface area contributed by atoms with E-state index in [1.54, 1.807) is 60.7 Å². The molecule has 0 radical (unpaired) electrons. The number of esters is 2. The van der Waals surface area contributed by atoms with Gasteiger partial charge in [0.25, 0.3) is 0 Å². The molecule has 0 amide bonds. The number of rotatable bonds is 20. The lowest BCUT2D eigenvalue weighted by Gasteiger charge is -2.45. The molecule has 12 nitrogen and oxygen atoms in total. The van der Waals surface area contributed by atoms with Gasteiger partial charge >= 0.3 is 11.9 Å². The van der Waals surface area contributed by atoms with Gasteiger partial charge in [0.1, 0.15) is 43.2 Å². The summed E-state index contributed by atoms with van der Waals surface area (Å²) < 4.78 is 57.9. The van der Waals surface area contributed by atoms with Gasteiger partial charge in [-0.1, -0.05) is 158 Å². The van der Waals surface area contributed by atoms with Crippen molar-refractivity contribution >= 4 is 11.9 Å². The molecular formula is C53H52O12. The van der Waals surface area contributed by atoms with Crippen molar-refractivity contribution in [2.24, 2.45) is 0 Å². The second-order valence-corrected chi connectivity index (χ2v) is 15.7. The average Bonchev–Trinajstić information content (AvgIpc) is 3.68. The minimum atomic E-state index is -1.59. The second kappa shape index (κ2) is 23.2. The third-order valence-electron chi connectivity index (χ3n) is 11.1. The van der Waals surface area contributed by atoms with Gasteiger partial charge in [0, 0.05) is 0 Å². The molecule has 6 aromatic rings. The van der Waals surface area contributed by atoms with Gasteiger partial charge in [-0.25, -0.2) is 9.59 Å². The van der Waals surface area contributed by atoms with Gasteiger partial charge in [-0.05, 0) is 46.5 Å². The molecule has 8 rings (SSSR count). The lowest BCUT2D eigenvalue weighted by atomic mass is 9.97. The third-order valence-corrected chi connectivity index (χ3v) is 11.1. The monoisotopic (exact) mass is 880 g/mol. The Bertz CT molecular complexity index is 2320. The first-order valence-corrected chi connectivity index (χ1v) is 21.7. The topological polar surface area (TPSA) is 137 Å². The van der Waals surface area contributed by atoms with E-state index in [1.165, 1.54) is 0 Å². The number of aliphatic hydroxyl groups is 1.